The van der Waals surface area contributed by atoms with Crippen LogP contribution in [-0.2, 0) is 0 Å². The lowest BCUT2D eigenvalue weighted by molar-refractivity contribution is 0.669. The number of fused-ring (bicyclic) bond motifs is 7. The number of rotatable bonds is 5. The number of hydrogen-bond acceptors (Lipinski definition) is 4. The first-order valence-corrected chi connectivity index (χ1v) is 18.3. The number of furan rings is 1. The monoisotopic (exact) mass is 706 g/mol. The molecule has 0 bridgehead atoms. The molecule has 6 heteroatoms. The second-order valence-electron chi connectivity index (χ2n) is 13.8. The van der Waals surface area contributed by atoms with E-state index in [4.69, 9.17) is 9.40 Å². The maximum atomic E-state index is 14.1. The van der Waals surface area contributed by atoms with Crippen LogP contribution in [0.2, 0.25) is 0 Å². The summed E-state index contributed by atoms with van der Waals surface area (Å²) < 4.78 is 10.3. The van der Waals surface area contributed by atoms with Crippen molar-refractivity contribution in [2.45, 2.75) is 0 Å². The smallest absolute Gasteiger partial charge is 0.355 e. The molecule has 0 aliphatic rings. The fraction of sp³-hybridized carbons (Fsp3) is 0. The van der Waals surface area contributed by atoms with Crippen LogP contribution in [-0.4, -0.2) is 18.9 Å². The molecule has 0 spiro atoms. The molecule has 0 saturated heterocycles. The largest absolute Gasteiger partial charge is 0.456 e. The van der Waals surface area contributed by atoms with Gasteiger partial charge >= 0.3 is 5.69 Å². The number of nitrogens with zero attached hydrogens (tertiary/aromatic N) is 4. The number of hydrogen-bond donors (Lipinski definition) is 0. The molecule has 0 radical (unpaired) electrons. The Labute approximate surface area is 314 Å². The number of para-hydroxylation sites is 2. The SMILES string of the molecule is O=c1nc(-c2cccc3oc4ccc(-c5ccc6c(c5)c5ccccc5n6-c5ccccc5)cc4c23)nc2cc(-c3ccccc3)cc(-c3ccccc3)n12. The van der Waals surface area contributed by atoms with Gasteiger partial charge in [-0.05, 0) is 88.5 Å². The maximum Gasteiger partial charge on any atom is 0.355 e. The lowest BCUT2D eigenvalue weighted by atomic mass is 9.99. The molecule has 0 unspecified atom stereocenters. The van der Waals surface area contributed by atoms with Crippen LogP contribution in [0.3, 0.4) is 0 Å². The first-order chi connectivity index (χ1) is 27.2. The van der Waals surface area contributed by atoms with E-state index in [1.54, 1.807) is 4.40 Å². The topological polar surface area (TPSA) is 65.3 Å². The minimum atomic E-state index is -0.396. The average Bonchev–Trinajstić information content (AvgIpc) is 3.79. The molecule has 0 saturated carbocycles. The van der Waals surface area contributed by atoms with E-state index in [2.05, 4.69) is 101 Å². The van der Waals surface area contributed by atoms with Crippen LogP contribution < -0.4 is 5.69 Å². The standard InChI is InChI=1S/C49H30N4O2/c54-49-51-48(50-46-30-35(31-13-4-1-5-14-31)29-43(53(46)49)32-15-6-2-7-16-32)38-20-12-22-45-47(38)40-28-34(24-26-44(40)55-45)33-23-25-42-39(27-33)37-19-10-11-21-41(37)52(42)36-17-8-3-9-18-36/h1-30H. The summed E-state index contributed by atoms with van der Waals surface area (Å²) in [5, 5.41) is 4.18. The van der Waals surface area contributed by atoms with Crippen molar-refractivity contribution in [1.82, 2.24) is 18.9 Å². The van der Waals surface area contributed by atoms with Gasteiger partial charge in [0.15, 0.2) is 5.82 Å². The Bertz CT molecular complexity index is 3330. The molecule has 4 heterocycles. The summed E-state index contributed by atoms with van der Waals surface area (Å²) in [7, 11) is 0. The van der Waals surface area contributed by atoms with Crippen molar-refractivity contribution in [3.05, 3.63) is 192 Å². The Kier molecular flexibility index (Phi) is 6.91. The molecule has 0 N–H and O–H groups in total. The zero-order chi connectivity index (χ0) is 36.5. The van der Waals surface area contributed by atoms with Gasteiger partial charge in [0.05, 0.1) is 16.7 Å². The Balaban J connectivity index is 1.10. The predicted octanol–water partition coefficient (Wildman–Crippen LogP) is 11.8. The van der Waals surface area contributed by atoms with Crippen molar-refractivity contribution in [3.63, 3.8) is 0 Å². The van der Waals surface area contributed by atoms with Crippen molar-refractivity contribution in [2.24, 2.45) is 0 Å². The molecule has 7 aromatic carbocycles. The summed E-state index contributed by atoms with van der Waals surface area (Å²) in [6, 6.07) is 62.0. The van der Waals surface area contributed by atoms with Crippen molar-refractivity contribution in [3.8, 4) is 50.6 Å². The van der Waals surface area contributed by atoms with E-state index < -0.39 is 5.69 Å². The van der Waals surface area contributed by atoms with Gasteiger partial charge in [-0.15, -0.1) is 0 Å². The van der Waals surface area contributed by atoms with E-state index in [1.165, 1.54) is 16.3 Å². The summed E-state index contributed by atoms with van der Waals surface area (Å²) in [6.07, 6.45) is 0. The molecular weight excluding hydrogens is 677 g/mol. The molecular formula is C49H30N4O2. The van der Waals surface area contributed by atoms with Gasteiger partial charge in [0.1, 0.15) is 16.8 Å². The summed E-state index contributed by atoms with van der Waals surface area (Å²) in [5.41, 5.74) is 11.6. The summed E-state index contributed by atoms with van der Waals surface area (Å²) in [6.45, 7) is 0. The molecule has 55 heavy (non-hydrogen) atoms. The molecule has 0 aliphatic heterocycles. The van der Waals surface area contributed by atoms with E-state index in [1.807, 2.05) is 91.0 Å². The summed E-state index contributed by atoms with van der Waals surface area (Å²) in [5.74, 6) is 0.350. The molecule has 4 aromatic heterocycles. The van der Waals surface area contributed by atoms with Crippen LogP contribution in [0.5, 0.6) is 0 Å². The molecule has 258 valence electrons. The lowest BCUT2D eigenvalue weighted by Gasteiger charge is -2.13. The van der Waals surface area contributed by atoms with Gasteiger partial charge in [0, 0.05) is 32.8 Å². The molecule has 0 amide bonds. The summed E-state index contributed by atoms with van der Waals surface area (Å²) in [4.78, 5) is 23.8. The Morgan fingerprint density at radius 1 is 0.455 bits per heavy atom. The Morgan fingerprint density at radius 3 is 1.93 bits per heavy atom. The molecule has 6 nitrogen and oxygen atoms in total. The van der Waals surface area contributed by atoms with Crippen LogP contribution in [0, 0.1) is 0 Å². The normalized spacial score (nSPS) is 11.7. The van der Waals surface area contributed by atoms with Crippen LogP contribution in [0.1, 0.15) is 0 Å². The number of benzene rings is 7. The second-order valence-corrected chi connectivity index (χ2v) is 13.8. The van der Waals surface area contributed by atoms with Crippen LogP contribution in [0.15, 0.2) is 191 Å². The third kappa shape index (κ3) is 5.00. The van der Waals surface area contributed by atoms with Gasteiger partial charge in [0.2, 0.25) is 0 Å². The maximum absolute atomic E-state index is 14.1. The number of pyridine rings is 1. The predicted molar refractivity (Wildman–Crippen MR) is 223 cm³/mol. The zero-order valence-electron chi connectivity index (χ0n) is 29.4. The first-order valence-electron chi connectivity index (χ1n) is 18.3. The van der Waals surface area contributed by atoms with Crippen LogP contribution >= 0.6 is 0 Å². The van der Waals surface area contributed by atoms with Crippen molar-refractivity contribution in [1.29, 1.82) is 0 Å². The third-order valence-corrected chi connectivity index (χ3v) is 10.6. The van der Waals surface area contributed by atoms with Gasteiger partial charge in [0.25, 0.3) is 0 Å². The molecule has 11 rings (SSSR count). The highest BCUT2D eigenvalue weighted by atomic mass is 16.3. The molecule has 0 atom stereocenters. The van der Waals surface area contributed by atoms with E-state index in [0.29, 0.717) is 17.1 Å². The lowest BCUT2D eigenvalue weighted by Crippen LogP contribution is -2.21. The summed E-state index contributed by atoms with van der Waals surface area (Å²) >= 11 is 0. The second kappa shape index (κ2) is 12.3. The van der Waals surface area contributed by atoms with Crippen LogP contribution in [0.25, 0.3) is 100.0 Å². The van der Waals surface area contributed by atoms with Gasteiger partial charge in [-0.2, -0.15) is 4.98 Å². The quantitative estimate of drug-likeness (QED) is 0.179. The molecule has 11 aromatic rings. The van der Waals surface area contributed by atoms with Crippen LogP contribution in [0.4, 0.5) is 0 Å². The average molecular weight is 707 g/mol. The van der Waals surface area contributed by atoms with Crippen molar-refractivity contribution in [2.75, 3.05) is 0 Å². The fourth-order valence-corrected chi connectivity index (χ4v) is 8.08. The highest BCUT2D eigenvalue weighted by Gasteiger charge is 2.19. The first kappa shape index (κ1) is 31.0. The fourth-order valence-electron chi connectivity index (χ4n) is 8.08. The number of aromatic nitrogens is 4. The minimum Gasteiger partial charge on any atom is -0.456 e. The Morgan fingerprint density at radius 2 is 1.13 bits per heavy atom. The van der Waals surface area contributed by atoms with Gasteiger partial charge in [-0.25, -0.2) is 14.2 Å². The van der Waals surface area contributed by atoms with E-state index >= 15 is 0 Å². The van der Waals surface area contributed by atoms with Crippen molar-refractivity contribution < 1.29 is 4.42 Å². The highest BCUT2D eigenvalue weighted by Crippen LogP contribution is 2.40. The van der Waals surface area contributed by atoms with Gasteiger partial charge in [-0.3, -0.25) is 0 Å². The van der Waals surface area contributed by atoms with E-state index in [-0.39, 0.29) is 0 Å². The van der Waals surface area contributed by atoms with Gasteiger partial charge < -0.3 is 8.98 Å². The van der Waals surface area contributed by atoms with E-state index in [0.717, 1.165) is 66.6 Å². The van der Waals surface area contributed by atoms with E-state index in [9.17, 15) is 4.79 Å². The zero-order valence-corrected chi connectivity index (χ0v) is 29.4. The Hall–Kier alpha value is -7.57. The van der Waals surface area contributed by atoms with Gasteiger partial charge in [-0.1, -0.05) is 121 Å². The molecule has 0 aliphatic carbocycles. The highest BCUT2D eigenvalue weighted by molar-refractivity contribution is 6.14. The third-order valence-electron chi connectivity index (χ3n) is 10.6. The minimum absolute atomic E-state index is 0.350. The molecule has 0 fully saturated rings. The van der Waals surface area contributed by atoms with Crippen molar-refractivity contribution >= 4 is 49.4 Å².